The second kappa shape index (κ2) is 7.27. The van der Waals surface area contributed by atoms with Crippen LogP contribution in [0.5, 0.6) is 5.75 Å². The van der Waals surface area contributed by atoms with Gasteiger partial charge in [0.1, 0.15) is 12.4 Å². The van der Waals surface area contributed by atoms with Gasteiger partial charge in [0.05, 0.1) is 6.10 Å². The van der Waals surface area contributed by atoms with E-state index in [9.17, 15) is 5.11 Å². The second-order valence-corrected chi connectivity index (χ2v) is 5.40. The van der Waals surface area contributed by atoms with E-state index in [1.54, 1.807) is 6.92 Å². The van der Waals surface area contributed by atoms with Crippen LogP contribution in [0.25, 0.3) is 6.08 Å². The molecule has 0 fully saturated rings. The fourth-order valence-corrected chi connectivity index (χ4v) is 2.24. The first-order valence-corrected chi connectivity index (χ1v) is 7.28. The Hall–Kier alpha value is -1.58. The van der Waals surface area contributed by atoms with Crippen molar-refractivity contribution < 1.29 is 9.84 Å². The quantitative estimate of drug-likeness (QED) is 0.867. The highest BCUT2D eigenvalue weighted by atomic mass is 79.9. The molecule has 0 spiro atoms. The molecule has 0 heterocycles. The molecular weight excluding hydrogens is 316 g/mol. The molecule has 1 atom stereocenters. The van der Waals surface area contributed by atoms with Crippen LogP contribution in [0.15, 0.2) is 59.1 Å². The maximum Gasteiger partial charge on any atom is 0.125 e. The number of rotatable bonds is 5. The summed E-state index contributed by atoms with van der Waals surface area (Å²) in [4.78, 5) is 0. The minimum atomic E-state index is -0.555. The molecule has 0 saturated carbocycles. The zero-order valence-corrected chi connectivity index (χ0v) is 12.9. The van der Waals surface area contributed by atoms with Gasteiger partial charge in [-0.3, -0.25) is 0 Å². The molecule has 20 heavy (non-hydrogen) atoms. The Labute approximate surface area is 127 Å². The average Bonchev–Trinajstić information content (AvgIpc) is 2.45. The van der Waals surface area contributed by atoms with Crippen molar-refractivity contribution in [1.82, 2.24) is 0 Å². The van der Waals surface area contributed by atoms with Gasteiger partial charge in [-0.2, -0.15) is 0 Å². The van der Waals surface area contributed by atoms with Gasteiger partial charge < -0.3 is 9.84 Å². The lowest BCUT2D eigenvalue weighted by Gasteiger charge is -2.12. The van der Waals surface area contributed by atoms with Crippen molar-refractivity contribution in [3.05, 3.63) is 70.2 Å². The van der Waals surface area contributed by atoms with Gasteiger partial charge in [-0.1, -0.05) is 52.3 Å². The molecule has 3 heteroatoms. The van der Waals surface area contributed by atoms with Crippen molar-refractivity contribution in [2.24, 2.45) is 0 Å². The Morgan fingerprint density at radius 3 is 2.65 bits per heavy atom. The Morgan fingerprint density at radius 2 is 1.95 bits per heavy atom. The molecule has 104 valence electrons. The standard InChI is InChI=1S/C17H17BrO2/c1-13(19)16-12-15(18)9-10-17(16)20-11-5-8-14-6-3-2-4-7-14/h2-10,12-13,19H,11H2,1H3/t13-/m1/s1. The van der Waals surface area contributed by atoms with Gasteiger partial charge in [0.25, 0.3) is 0 Å². The number of hydrogen-bond acceptors (Lipinski definition) is 2. The van der Waals surface area contributed by atoms with E-state index in [0.29, 0.717) is 12.4 Å². The molecular formula is C17H17BrO2. The van der Waals surface area contributed by atoms with Gasteiger partial charge >= 0.3 is 0 Å². The number of hydrogen-bond donors (Lipinski definition) is 1. The lowest BCUT2D eigenvalue weighted by atomic mass is 10.1. The molecule has 0 aromatic heterocycles. The molecule has 0 aliphatic rings. The molecule has 2 rings (SSSR count). The van der Waals surface area contributed by atoms with Crippen molar-refractivity contribution in [2.75, 3.05) is 6.61 Å². The SMILES string of the molecule is C[C@@H](O)c1cc(Br)ccc1OCC=Cc1ccccc1. The van der Waals surface area contributed by atoms with Crippen LogP contribution < -0.4 is 4.74 Å². The van der Waals surface area contributed by atoms with Crippen LogP contribution in [0, 0.1) is 0 Å². The van der Waals surface area contributed by atoms with E-state index in [0.717, 1.165) is 15.6 Å². The third-order valence-electron chi connectivity index (χ3n) is 2.87. The third-order valence-corrected chi connectivity index (χ3v) is 3.36. The number of halogens is 1. The zero-order chi connectivity index (χ0) is 14.4. The van der Waals surface area contributed by atoms with Crippen LogP contribution in [-0.4, -0.2) is 11.7 Å². The molecule has 2 aromatic carbocycles. The molecule has 0 radical (unpaired) electrons. The fourth-order valence-electron chi connectivity index (χ4n) is 1.86. The molecule has 0 bridgehead atoms. The van der Waals surface area contributed by atoms with Gasteiger partial charge in [0, 0.05) is 10.0 Å². The third kappa shape index (κ3) is 4.22. The topological polar surface area (TPSA) is 29.5 Å². The van der Waals surface area contributed by atoms with Gasteiger partial charge in [-0.25, -0.2) is 0 Å². The van der Waals surface area contributed by atoms with E-state index in [-0.39, 0.29) is 0 Å². The predicted molar refractivity (Wildman–Crippen MR) is 85.7 cm³/mol. The van der Waals surface area contributed by atoms with E-state index < -0.39 is 6.10 Å². The van der Waals surface area contributed by atoms with E-state index in [1.165, 1.54) is 0 Å². The monoisotopic (exact) mass is 332 g/mol. The summed E-state index contributed by atoms with van der Waals surface area (Å²) in [5, 5.41) is 9.74. The van der Waals surface area contributed by atoms with Crippen LogP contribution in [0.3, 0.4) is 0 Å². The second-order valence-electron chi connectivity index (χ2n) is 4.48. The summed E-state index contributed by atoms with van der Waals surface area (Å²) in [6.45, 7) is 2.20. The van der Waals surface area contributed by atoms with Gasteiger partial charge in [-0.05, 0) is 36.8 Å². The van der Waals surface area contributed by atoms with E-state index in [4.69, 9.17) is 4.74 Å². The Balaban J connectivity index is 1.99. The summed E-state index contributed by atoms with van der Waals surface area (Å²) in [6.07, 6.45) is 3.42. The smallest absolute Gasteiger partial charge is 0.125 e. The lowest BCUT2D eigenvalue weighted by molar-refractivity contribution is 0.193. The number of aliphatic hydroxyl groups is 1. The fraction of sp³-hybridized carbons (Fsp3) is 0.176. The lowest BCUT2D eigenvalue weighted by Crippen LogP contribution is -2.00. The summed E-state index contributed by atoms with van der Waals surface area (Å²) in [5.41, 5.74) is 1.93. The number of benzene rings is 2. The first-order valence-electron chi connectivity index (χ1n) is 6.48. The van der Waals surface area contributed by atoms with Crippen LogP contribution in [-0.2, 0) is 0 Å². The van der Waals surface area contributed by atoms with Crippen LogP contribution >= 0.6 is 15.9 Å². The summed E-state index contributed by atoms with van der Waals surface area (Å²) in [7, 11) is 0. The average molecular weight is 333 g/mol. The summed E-state index contributed by atoms with van der Waals surface area (Å²) < 4.78 is 6.64. The van der Waals surface area contributed by atoms with Gasteiger partial charge in [0.2, 0.25) is 0 Å². The molecule has 0 saturated heterocycles. The molecule has 0 unspecified atom stereocenters. The maximum atomic E-state index is 9.74. The Bertz CT molecular complexity index is 577. The number of ether oxygens (including phenoxy) is 1. The minimum absolute atomic E-state index is 0.468. The van der Waals surface area contributed by atoms with Crippen molar-refractivity contribution in [2.45, 2.75) is 13.0 Å². The molecule has 1 N–H and O–H groups in total. The Kier molecular flexibility index (Phi) is 5.39. The van der Waals surface area contributed by atoms with Gasteiger partial charge in [-0.15, -0.1) is 0 Å². The van der Waals surface area contributed by atoms with E-state index in [1.807, 2.05) is 60.7 Å². The van der Waals surface area contributed by atoms with Crippen molar-refractivity contribution in [3.8, 4) is 5.75 Å². The molecule has 2 nitrogen and oxygen atoms in total. The summed E-state index contributed by atoms with van der Waals surface area (Å²) >= 11 is 3.40. The minimum Gasteiger partial charge on any atom is -0.489 e. The summed E-state index contributed by atoms with van der Waals surface area (Å²) in [6, 6.07) is 15.7. The highest BCUT2D eigenvalue weighted by Gasteiger charge is 2.09. The highest BCUT2D eigenvalue weighted by Crippen LogP contribution is 2.28. The molecule has 0 aliphatic heterocycles. The summed E-state index contributed by atoms with van der Waals surface area (Å²) in [5.74, 6) is 0.709. The highest BCUT2D eigenvalue weighted by molar-refractivity contribution is 9.10. The van der Waals surface area contributed by atoms with Crippen molar-refractivity contribution in [3.63, 3.8) is 0 Å². The predicted octanol–water partition coefficient (Wildman–Crippen LogP) is 4.59. The first-order chi connectivity index (χ1) is 9.66. The number of aliphatic hydroxyl groups excluding tert-OH is 1. The molecule has 2 aromatic rings. The van der Waals surface area contributed by atoms with Crippen molar-refractivity contribution >= 4 is 22.0 Å². The van der Waals surface area contributed by atoms with E-state index in [2.05, 4.69) is 15.9 Å². The maximum absolute atomic E-state index is 9.74. The van der Waals surface area contributed by atoms with Crippen LogP contribution in [0.2, 0.25) is 0 Å². The van der Waals surface area contributed by atoms with E-state index >= 15 is 0 Å². The molecule has 0 aliphatic carbocycles. The normalized spacial score (nSPS) is 12.6. The molecule has 0 amide bonds. The van der Waals surface area contributed by atoms with Crippen molar-refractivity contribution in [1.29, 1.82) is 0 Å². The zero-order valence-electron chi connectivity index (χ0n) is 11.3. The van der Waals surface area contributed by atoms with Crippen LogP contribution in [0.1, 0.15) is 24.2 Å². The Morgan fingerprint density at radius 1 is 1.20 bits per heavy atom. The van der Waals surface area contributed by atoms with Crippen LogP contribution in [0.4, 0.5) is 0 Å². The largest absolute Gasteiger partial charge is 0.489 e. The van der Waals surface area contributed by atoms with Gasteiger partial charge in [0.15, 0.2) is 0 Å². The first kappa shape index (κ1) is 14.8.